The Hall–Kier alpha value is -4.33. The summed E-state index contributed by atoms with van der Waals surface area (Å²) in [5.74, 6) is -1.43. The Balaban J connectivity index is 1.20. The first kappa shape index (κ1) is 23.8. The predicted molar refractivity (Wildman–Crippen MR) is 129 cm³/mol. The maximum atomic E-state index is 12.2. The van der Waals surface area contributed by atoms with Crippen molar-refractivity contribution in [3.8, 4) is 16.9 Å². The van der Waals surface area contributed by atoms with Crippen LogP contribution in [0.25, 0.3) is 11.1 Å². The summed E-state index contributed by atoms with van der Waals surface area (Å²) in [5.41, 5.74) is 4.82. The summed E-state index contributed by atoms with van der Waals surface area (Å²) in [7, 11) is 1.21. The zero-order chi connectivity index (χ0) is 24.8. The summed E-state index contributed by atoms with van der Waals surface area (Å²) in [6, 6.07) is 20.2. The summed E-state index contributed by atoms with van der Waals surface area (Å²) in [4.78, 5) is 36.0. The Kier molecular flexibility index (Phi) is 7.30. The highest BCUT2D eigenvalue weighted by molar-refractivity contribution is 5.98. The van der Waals surface area contributed by atoms with E-state index in [0.717, 1.165) is 11.1 Å². The first-order chi connectivity index (χ1) is 17.0. The maximum Gasteiger partial charge on any atom is 0.407 e. The molecule has 0 saturated carbocycles. The Morgan fingerprint density at radius 2 is 1.51 bits per heavy atom. The lowest BCUT2D eigenvalue weighted by molar-refractivity contribution is 0.0597. The highest BCUT2D eigenvalue weighted by Gasteiger charge is 2.28. The van der Waals surface area contributed by atoms with Crippen molar-refractivity contribution in [2.45, 2.75) is 12.3 Å². The molecule has 0 spiro atoms. The number of hydrogen-bond donors (Lipinski definition) is 3. The van der Waals surface area contributed by atoms with Crippen molar-refractivity contribution in [2.24, 2.45) is 0 Å². The number of aromatic hydroxyl groups is 1. The minimum atomic E-state index is -0.686. The standard InChI is InChI=1S/C27H26N2O6/c1-34-26(32)22-12-11-17(15-24(22)30)25(31)28-13-6-14-29-27(33)35-16-23-20-9-4-2-7-18(20)19-8-3-5-10-21(19)23/h2-5,7-12,15,23,30H,6,13-14,16H2,1H3,(H,28,31)(H,29,33). The quantitative estimate of drug-likeness (QED) is 0.338. The Labute approximate surface area is 202 Å². The predicted octanol–water partition coefficient (Wildman–Crippen LogP) is 3.84. The van der Waals surface area contributed by atoms with E-state index in [1.807, 2.05) is 24.3 Å². The van der Waals surface area contributed by atoms with Gasteiger partial charge in [-0.3, -0.25) is 4.79 Å². The van der Waals surface area contributed by atoms with Crippen molar-refractivity contribution in [3.05, 3.63) is 89.0 Å². The van der Waals surface area contributed by atoms with Crippen molar-refractivity contribution in [1.82, 2.24) is 10.6 Å². The molecular weight excluding hydrogens is 448 g/mol. The molecular formula is C27H26N2O6. The van der Waals surface area contributed by atoms with Crippen LogP contribution in [0.1, 0.15) is 44.2 Å². The van der Waals surface area contributed by atoms with Gasteiger partial charge < -0.3 is 25.2 Å². The molecule has 0 unspecified atom stereocenters. The molecule has 0 radical (unpaired) electrons. The Bertz CT molecular complexity index is 1210. The molecule has 0 aromatic heterocycles. The number of methoxy groups -OCH3 is 1. The summed E-state index contributed by atoms with van der Waals surface area (Å²) >= 11 is 0. The van der Waals surface area contributed by atoms with E-state index in [0.29, 0.717) is 19.5 Å². The number of esters is 1. The fourth-order valence-corrected chi connectivity index (χ4v) is 4.19. The first-order valence-electron chi connectivity index (χ1n) is 11.3. The Morgan fingerprint density at radius 1 is 0.886 bits per heavy atom. The number of carbonyl (C=O) groups is 3. The van der Waals surface area contributed by atoms with Crippen molar-refractivity contribution < 1.29 is 29.0 Å². The molecule has 0 bridgehead atoms. The maximum absolute atomic E-state index is 12.2. The molecule has 4 rings (SSSR count). The molecule has 3 aromatic rings. The number of benzene rings is 3. The average Bonchev–Trinajstić information content (AvgIpc) is 3.20. The van der Waals surface area contributed by atoms with E-state index in [1.165, 1.54) is 36.4 Å². The van der Waals surface area contributed by atoms with Crippen LogP contribution in [-0.2, 0) is 9.47 Å². The van der Waals surface area contributed by atoms with Crippen LogP contribution in [-0.4, -0.2) is 49.9 Å². The zero-order valence-corrected chi connectivity index (χ0v) is 19.2. The largest absolute Gasteiger partial charge is 0.507 e. The van der Waals surface area contributed by atoms with Gasteiger partial charge in [0.05, 0.1) is 7.11 Å². The van der Waals surface area contributed by atoms with E-state index in [4.69, 9.17) is 4.74 Å². The number of hydrogen-bond acceptors (Lipinski definition) is 6. The fraction of sp³-hybridized carbons (Fsp3) is 0.222. The Morgan fingerprint density at radius 3 is 2.14 bits per heavy atom. The van der Waals surface area contributed by atoms with E-state index in [-0.39, 0.29) is 29.4 Å². The molecule has 8 nitrogen and oxygen atoms in total. The van der Waals surface area contributed by atoms with Crippen LogP contribution in [0.3, 0.4) is 0 Å². The number of phenols is 1. The van der Waals surface area contributed by atoms with E-state index in [2.05, 4.69) is 39.6 Å². The molecule has 2 amide bonds. The molecule has 0 atom stereocenters. The molecule has 3 N–H and O–H groups in total. The van der Waals surface area contributed by atoms with Crippen molar-refractivity contribution >= 4 is 18.0 Å². The molecule has 1 aliphatic rings. The van der Waals surface area contributed by atoms with Gasteiger partial charge in [0.25, 0.3) is 5.91 Å². The summed E-state index contributed by atoms with van der Waals surface area (Å²) in [5, 5.41) is 15.3. The second-order valence-electron chi connectivity index (χ2n) is 8.09. The van der Waals surface area contributed by atoms with Crippen molar-refractivity contribution in [1.29, 1.82) is 0 Å². The summed E-state index contributed by atoms with van der Waals surface area (Å²) < 4.78 is 10.0. The van der Waals surface area contributed by atoms with Gasteiger partial charge in [0, 0.05) is 24.6 Å². The molecule has 0 saturated heterocycles. The third kappa shape index (κ3) is 5.27. The average molecular weight is 475 g/mol. The lowest BCUT2D eigenvalue weighted by atomic mass is 9.98. The molecule has 0 fully saturated rings. The van der Waals surface area contributed by atoms with Crippen LogP contribution in [0, 0.1) is 0 Å². The van der Waals surface area contributed by atoms with E-state index in [9.17, 15) is 19.5 Å². The smallest absolute Gasteiger partial charge is 0.407 e. The fourth-order valence-electron chi connectivity index (χ4n) is 4.19. The number of ether oxygens (including phenoxy) is 2. The van der Waals surface area contributed by atoms with Crippen LogP contribution < -0.4 is 10.6 Å². The molecule has 3 aromatic carbocycles. The highest BCUT2D eigenvalue weighted by atomic mass is 16.5. The summed E-state index contributed by atoms with van der Waals surface area (Å²) in [6.07, 6.45) is -0.0242. The van der Waals surface area contributed by atoms with Gasteiger partial charge in [-0.05, 0) is 46.9 Å². The number of alkyl carbamates (subject to hydrolysis) is 1. The minimum absolute atomic E-state index is 0.00516. The lowest BCUT2D eigenvalue weighted by Crippen LogP contribution is -2.31. The number of fused-ring (bicyclic) bond motifs is 3. The lowest BCUT2D eigenvalue weighted by Gasteiger charge is -2.14. The second-order valence-corrected chi connectivity index (χ2v) is 8.09. The van der Waals surface area contributed by atoms with Gasteiger partial charge in [0.1, 0.15) is 17.9 Å². The van der Waals surface area contributed by atoms with Crippen LogP contribution >= 0.6 is 0 Å². The number of phenolic OH excluding ortho intramolecular Hbond substituents is 1. The van der Waals surface area contributed by atoms with Crippen LogP contribution in [0.5, 0.6) is 5.75 Å². The number of rotatable bonds is 8. The molecule has 180 valence electrons. The topological polar surface area (TPSA) is 114 Å². The number of nitrogens with one attached hydrogen (secondary N) is 2. The summed E-state index contributed by atoms with van der Waals surface area (Å²) in [6.45, 7) is 0.868. The van der Waals surface area contributed by atoms with Crippen molar-refractivity contribution in [3.63, 3.8) is 0 Å². The molecule has 1 aliphatic carbocycles. The van der Waals surface area contributed by atoms with E-state index >= 15 is 0 Å². The van der Waals surface area contributed by atoms with E-state index < -0.39 is 18.0 Å². The third-order valence-corrected chi connectivity index (χ3v) is 5.92. The van der Waals surface area contributed by atoms with Gasteiger partial charge >= 0.3 is 12.1 Å². The van der Waals surface area contributed by atoms with Crippen LogP contribution in [0.15, 0.2) is 66.7 Å². The van der Waals surface area contributed by atoms with Crippen LogP contribution in [0.2, 0.25) is 0 Å². The monoisotopic (exact) mass is 474 g/mol. The van der Waals surface area contributed by atoms with Gasteiger partial charge in [-0.2, -0.15) is 0 Å². The van der Waals surface area contributed by atoms with Gasteiger partial charge in [-0.25, -0.2) is 9.59 Å². The normalized spacial score (nSPS) is 11.8. The molecule has 35 heavy (non-hydrogen) atoms. The number of amides is 2. The van der Waals surface area contributed by atoms with Crippen molar-refractivity contribution in [2.75, 3.05) is 26.8 Å². The zero-order valence-electron chi connectivity index (χ0n) is 19.2. The second kappa shape index (κ2) is 10.7. The molecule has 0 heterocycles. The first-order valence-corrected chi connectivity index (χ1v) is 11.3. The van der Waals surface area contributed by atoms with E-state index in [1.54, 1.807) is 0 Å². The van der Waals surface area contributed by atoms with Gasteiger partial charge in [-0.1, -0.05) is 48.5 Å². The van der Waals surface area contributed by atoms with Crippen LogP contribution in [0.4, 0.5) is 4.79 Å². The number of carbonyl (C=O) groups excluding carboxylic acids is 3. The highest BCUT2D eigenvalue weighted by Crippen LogP contribution is 2.44. The van der Waals surface area contributed by atoms with Gasteiger partial charge in [-0.15, -0.1) is 0 Å². The SMILES string of the molecule is COC(=O)c1ccc(C(=O)NCCCNC(=O)OCC2c3ccccc3-c3ccccc32)cc1O. The molecule has 8 heteroatoms. The van der Waals surface area contributed by atoms with Gasteiger partial charge in [0.2, 0.25) is 0 Å². The molecule has 0 aliphatic heterocycles. The minimum Gasteiger partial charge on any atom is -0.507 e. The van der Waals surface area contributed by atoms with Gasteiger partial charge in [0.15, 0.2) is 0 Å². The third-order valence-electron chi connectivity index (χ3n) is 5.92.